The van der Waals surface area contributed by atoms with Crippen LogP contribution in [0, 0.1) is 0 Å². The summed E-state index contributed by atoms with van der Waals surface area (Å²) in [5.41, 5.74) is 0. The lowest BCUT2D eigenvalue weighted by molar-refractivity contribution is -0.167. The summed E-state index contributed by atoms with van der Waals surface area (Å²) in [6.07, 6.45) is 96.6. The molecule has 0 bridgehead atoms. The molecule has 1 atom stereocenters. The van der Waals surface area contributed by atoms with Crippen molar-refractivity contribution in [2.45, 2.75) is 329 Å². The molecule has 0 saturated carbocycles. The van der Waals surface area contributed by atoms with Gasteiger partial charge < -0.3 is 14.2 Å². The van der Waals surface area contributed by atoms with Gasteiger partial charge in [-0.05, 0) is 109 Å². The Bertz CT molecular complexity index is 1690. The molecule has 6 heteroatoms. The molecule has 0 aromatic carbocycles. The van der Waals surface area contributed by atoms with Gasteiger partial charge in [-0.1, -0.05) is 316 Å². The molecular weight excluding hydrogens is 1010 g/mol. The number of rotatable bonds is 62. The maximum Gasteiger partial charge on any atom is 0.306 e. The van der Waals surface area contributed by atoms with Gasteiger partial charge in [-0.2, -0.15) is 0 Å². The van der Waals surface area contributed by atoms with Gasteiger partial charge in [0.25, 0.3) is 0 Å². The Hall–Kier alpha value is -4.19. The fraction of sp³-hybridized carbons (Fsp3) is 0.697. The van der Waals surface area contributed by atoms with E-state index in [1.807, 2.05) is 0 Å². The topological polar surface area (TPSA) is 78.9 Å². The van der Waals surface area contributed by atoms with Crippen molar-refractivity contribution in [1.29, 1.82) is 0 Å². The molecule has 1 unspecified atom stereocenters. The first-order valence-electron chi connectivity index (χ1n) is 34.5. The van der Waals surface area contributed by atoms with Crippen LogP contribution in [0.5, 0.6) is 0 Å². The fourth-order valence-electron chi connectivity index (χ4n) is 9.62. The third-order valence-electron chi connectivity index (χ3n) is 14.7. The number of hydrogen-bond acceptors (Lipinski definition) is 6. The molecule has 0 aliphatic heterocycles. The number of carbonyl (C=O) groups excluding carboxylic acids is 3. The highest BCUT2D eigenvalue weighted by Crippen LogP contribution is 2.17. The van der Waals surface area contributed by atoms with Crippen molar-refractivity contribution in [2.24, 2.45) is 0 Å². The van der Waals surface area contributed by atoms with Crippen molar-refractivity contribution in [3.8, 4) is 0 Å². The van der Waals surface area contributed by atoms with E-state index in [0.717, 1.165) is 135 Å². The standard InChI is InChI=1S/C76H128O6/c1-4-7-10-13-16-19-22-24-26-28-30-31-32-33-34-35-36-37-38-39-40-41-42-43-44-45-47-48-50-52-54-57-60-63-66-69-75(78)81-72-73(71-80-74(77)68-65-62-59-56-21-18-15-12-9-6-3)82-76(79)70-67-64-61-58-55-53-51-49-46-29-27-25-23-20-17-14-11-8-5-2/h7-8,10-11,16-17,19-20,24-27,30-31,33-34,36-37,46,49,73H,4-6,9,12-15,18,21-23,28-29,32,35,38-45,47-48,50-72H2,1-3H3/b10-7-,11-8-,19-16-,20-17-,26-24-,27-25-,31-30-,34-33-,37-36-,49-46-. The highest BCUT2D eigenvalue weighted by Gasteiger charge is 2.19. The zero-order chi connectivity index (χ0) is 59.2. The van der Waals surface area contributed by atoms with E-state index in [-0.39, 0.29) is 31.1 Å². The minimum Gasteiger partial charge on any atom is -0.462 e. The summed E-state index contributed by atoms with van der Waals surface area (Å²) in [6, 6.07) is 0. The first kappa shape index (κ1) is 77.8. The molecule has 0 heterocycles. The zero-order valence-electron chi connectivity index (χ0n) is 53.7. The van der Waals surface area contributed by atoms with Gasteiger partial charge in [0.2, 0.25) is 0 Å². The first-order valence-corrected chi connectivity index (χ1v) is 34.5. The molecule has 82 heavy (non-hydrogen) atoms. The largest absolute Gasteiger partial charge is 0.462 e. The second kappa shape index (κ2) is 69.3. The average Bonchev–Trinajstić information content (AvgIpc) is 3.48. The number of hydrogen-bond donors (Lipinski definition) is 0. The highest BCUT2D eigenvalue weighted by atomic mass is 16.6. The monoisotopic (exact) mass is 1140 g/mol. The van der Waals surface area contributed by atoms with Gasteiger partial charge in [0, 0.05) is 19.3 Å². The van der Waals surface area contributed by atoms with E-state index in [1.54, 1.807) is 0 Å². The van der Waals surface area contributed by atoms with Gasteiger partial charge in [-0.25, -0.2) is 0 Å². The van der Waals surface area contributed by atoms with Crippen LogP contribution in [0.3, 0.4) is 0 Å². The Labute approximate surface area is 507 Å². The third kappa shape index (κ3) is 66.6. The summed E-state index contributed by atoms with van der Waals surface area (Å²) in [6.45, 7) is 6.41. The normalized spacial score (nSPS) is 12.9. The molecule has 0 radical (unpaired) electrons. The lowest BCUT2D eigenvalue weighted by Crippen LogP contribution is -2.30. The molecule has 468 valence electrons. The smallest absolute Gasteiger partial charge is 0.306 e. The zero-order valence-corrected chi connectivity index (χ0v) is 53.7. The minimum atomic E-state index is -0.785. The van der Waals surface area contributed by atoms with E-state index < -0.39 is 6.10 Å². The van der Waals surface area contributed by atoms with Crippen LogP contribution in [0.1, 0.15) is 323 Å². The van der Waals surface area contributed by atoms with E-state index in [0.29, 0.717) is 19.3 Å². The molecule has 0 saturated heterocycles. The van der Waals surface area contributed by atoms with Crippen molar-refractivity contribution in [2.75, 3.05) is 13.2 Å². The number of unbranched alkanes of at least 4 members (excludes halogenated alkanes) is 31. The highest BCUT2D eigenvalue weighted by molar-refractivity contribution is 5.71. The lowest BCUT2D eigenvalue weighted by Gasteiger charge is -2.18. The van der Waals surface area contributed by atoms with Gasteiger partial charge in [-0.15, -0.1) is 0 Å². The quantitative estimate of drug-likeness (QED) is 0.0261. The summed E-state index contributed by atoms with van der Waals surface area (Å²) in [7, 11) is 0. The van der Waals surface area contributed by atoms with Crippen molar-refractivity contribution < 1.29 is 28.6 Å². The maximum atomic E-state index is 12.9. The van der Waals surface area contributed by atoms with E-state index in [4.69, 9.17) is 14.2 Å². The Balaban J connectivity index is 4.14. The first-order chi connectivity index (χ1) is 40.5. The second-order valence-electron chi connectivity index (χ2n) is 22.7. The third-order valence-corrected chi connectivity index (χ3v) is 14.7. The van der Waals surface area contributed by atoms with Crippen molar-refractivity contribution in [3.63, 3.8) is 0 Å². The van der Waals surface area contributed by atoms with Crippen LogP contribution in [0.15, 0.2) is 122 Å². The molecule has 0 spiro atoms. The summed E-state index contributed by atoms with van der Waals surface area (Å²) >= 11 is 0. The summed E-state index contributed by atoms with van der Waals surface area (Å²) in [4.78, 5) is 38.3. The minimum absolute atomic E-state index is 0.0811. The Morgan fingerprint density at radius 1 is 0.256 bits per heavy atom. The maximum absolute atomic E-state index is 12.9. The predicted molar refractivity (Wildman–Crippen MR) is 357 cm³/mol. The average molecular weight is 1140 g/mol. The summed E-state index contributed by atoms with van der Waals surface area (Å²) in [5.74, 6) is -0.886. The molecule has 0 aliphatic rings. The van der Waals surface area contributed by atoms with Crippen LogP contribution in [-0.2, 0) is 28.6 Å². The van der Waals surface area contributed by atoms with Crippen LogP contribution in [0.4, 0.5) is 0 Å². The molecule has 0 N–H and O–H groups in total. The van der Waals surface area contributed by atoms with Gasteiger partial charge in [0.05, 0.1) is 0 Å². The van der Waals surface area contributed by atoms with Gasteiger partial charge in [0.1, 0.15) is 13.2 Å². The number of allylic oxidation sites excluding steroid dienone is 20. The van der Waals surface area contributed by atoms with E-state index in [2.05, 4.69) is 142 Å². The molecule has 0 aromatic rings. The number of ether oxygens (including phenoxy) is 3. The van der Waals surface area contributed by atoms with Gasteiger partial charge in [0.15, 0.2) is 6.10 Å². The summed E-state index contributed by atoms with van der Waals surface area (Å²) < 4.78 is 16.9. The van der Waals surface area contributed by atoms with Gasteiger partial charge >= 0.3 is 17.9 Å². The molecule has 0 fully saturated rings. The predicted octanol–water partition coefficient (Wildman–Crippen LogP) is 23.9. The molecule has 0 aliphatic carbocycles. The molecule has 6 nitrogen and oxygen atoms in total. The Morgan fingerprint density at radius 3 is 0.744 bits per heavy atom. The van der Waals surface area contributed by atoms with Crippen LogP contribution in [-0.4, -0.2) is 37.2 Å². The number of carbonyl (C=O) groups is 3. The van der Waals surface area contributed by atoms with Crippen LogP contribution in [0.2, 0.25) is 0 Å². The van der Waals surface area contributed by atoms with Crippen LogP contribution < -0.4 is 0 Å². The van der Waals surface area contributed by atoms with Crippen molar-refractivity contribution in [1.82, 2.24) is 0 Å². The van der Waals surface area contributed by atoms with Crippen molar-refractivity contribution in [3.05, 3.63) is 122 Å². The van der Waals surface area contributed by atoms with E-state index in [9.17, 15) is 14.4 Å². The molecule has 0 amide bonds. The Morgan fingerprint density at radius 2 is 0.476 bits per heavy atom. The van der Waals surface area contributed by atoms with E-state index in [1.165, 1.54) is 148 Å². The second-order valence-corrected chi connectivity index (χ2v) is 22.7. The molecule has 0 aromatic heterocycles. The van der Waals surface area contributed by atoms with Gasteiger partial charge in [-0.3, -0.25) is 14.4 Å². The van der Waals surface area contributed by atoms with Crippen LogP contribution >= 0.6 is 0 Å². The van der Waals surface area contributed by atoms with E-state index >= 15 is 0 Å². The molecule has 0 rings (SSSR count). The Kier molecular flexibility index (Phi) is 65.8. The number of esters is 3. The summed E-state index contributed by atoms with van der Waals surface area (Å²) in [5, 5.41) is 0. The molecular formula is C76H128O6. The SMILES string of the molecule is CC/C=C\C/C=C\C/C=C\C/C=C\C/C=C\C/C=C\CCCCCCCCCCCCCCCCCCC(=O)OCC(COC(=O)CCCCCCCCCCCC)OC(=O)CCCCCCCC/C=C\C/C=C\C/C=C\C/C=C\CC. The van der Waals surface area contributed by atoms with Crippen molar-refractivity contribution >= 4 is 17.9 Å². The lowest BCUT2D eigenvalue weighted by atomic mass is 10.0. The fourth-order valence-corrected chi connectivity index (χ4v) is 9.62. The van der Waals surface area contributed by atoms with Crippen LogP contribution in [0.25, 0.3) is 0 Å².